The van der Waals surface area contributed by atoms with Crippen molar-refractivity contribution in [3.63, 3.8) is 0 Å². The van der Waals surface area contributed by atoms with Gasteiger partial charge in [-0.15, -0.1) is 4.55 Å². The number of hydrogen-bond acceptors (Lipinski definition) is 0. The van der Waals surface area contributed by atoms with E-state index in [2.05, 4.69) is 19.8 Å². The molecule has 0 amide bonds. The third-order valence-corrected chi connectivity index (χ3v) is 3.19. The zero-order chi connectivity index (χ0) is 4.83. The van der Waals surface area contributed by atoms with Crippen LogP contribution in [0.5, 0.6) is 0 Å². The number of rotatable bonds is 3. The molecule has 0 aromatic rings. The minimum atomic E-state index is 0. The molecule has 0 rings (SSSR count). The zero-order valence-electron chi connectivity index (χ0n) is 4.71. The van der Waals surface area contributed by atoms with Crippen molar-refractivity contribution in [2.45, 2.75) is 24.3 Å². The lowest BCUT2D eigenvalue weighted by Gasteiger charge is -1.83. The molecule has 0 aromatic carbocycles. The molecule has 0 aromatic heterocycles. The largest absolute Gasteiger partial charge is 0.468 e. The monoisotopic (exact) mass is 178 g/mol. The van der Waals surface area contributed by atoms with Gasteiger partial charge in [0.05, 0.1) is 0 Å². The topological polar surface area (TPSA) is 31.5 Å². The summed E-state index contributed by atoms with van der Waals surface area (Å²) in [7, 11) is 0. The maximum Gasteiger partial charge on any atom is 0.468 e. The van der Waals surface area contributed by atoms with Crippen molar-refractivity contribution in [3.05, 3.63) is 0 Å². The van der Waals surface area contributed by atoms with Crippen LogP contribution in [0.3, 0.4) is 0 Å². The molecule has 0 saturated heterocycles. The Hall–Kier alpha value is 1.21. The van der Waals surface area contributed by atoms with Gasteiger partial charge in [-0.2, -0.15) is 0 Å². The van der Waals surface area contributed by atoms with Crippen LogP contribution < -0.4 is 0 Å². The van der Waals surface area contributed by atoms with Gasteiger partial charge in [-0.1, -0.05) is 19.8 Å². The van der Waals surface area contributed by atoms with E-state index in [1.54, 1.807) is 0 Å². The normalized spacial score (nSPS) is 6.57. The Balaban J connectivity index is 0. The molecular formula is C4H11BrMgO. The Morgan fingerprint density at radius 1 is 1.57 bits per heavy atom. The first kappa shape index (κ1) is 11.1. The van der Waals surface area contributed by atoms with Gasteiger partial charge in [-0.25, -0.2) is 0 Å². The van der Waals surface area contributed by atoms with Crippen LogP contribution >= 0.6 is 12.9 Å². The van der Waals surface area contributed by atoms with E-state index < -0.39 is 0 Å². The van der Waals surface area contributed by atoms with Crippen LogP contribution in [0, 0.1) is 0 Å². The maximum atomic E-state index is 3.49. The molecule has 42 valence electrons. The lowest BCUT2D eigenvalue weighted by molar-refractivity contribution is 0.824. The van der Waals surface area contributed by atoms with E-state index in [0.717, 1.165) is 0 Å². The summed E-state index contributed by atoms with van der Waals surface area (Å²) in [6.07, 6.45) is 2.79. The minimum absolute atomic E-state index is 0. The van der Waals surface area contributed by atoms with Crippen LogP contribution in [0.2, 0.25) is 4.55 Å². The van der Waals surface area contributed by atoms with E-state index in [4.69, 9.17) is 0 Å². The van der Waals surface area contributed by atoms with Gasteiger partial charge in [0.1, 0.15) is 0 Å². The highest BCUT2D eigenvalue weighted by Crippen LogP contribution is 1.94. The van der Waals surface area contributed by atoms with Gasteiger partial charge in [0.25, 0.3) is 0 Å². The van der Waals surface area contributed by atoms with Crippen molar-refractivity contribution in [2.24, 2.45) is 0 Å². The highest BCUT2D eigenvalue weighted by Gasteiger charge is 1.84. The van der Waals surface area contributed by atoms with Crippen LogP contribution in [0.1, 0.15) is 19.8 Å². The third-order valence-electron chi connectivity index (χ3n) is 0.737. The zero-order valence-corrected chi connectivity index (χ0v) is 7.71. The second-order valence-electron chi connectivity index (χ2n) is 1.40. The molecule has 2 N–H and O–H groups in total. The molecule has 1 nitrogen and oxygen atoms in total. The SMILES string of the molecule is CCC[CH2][Mg][Br].O. The first-order valence-electron chi connectivity index (χ1n) is 2.47. The number of halogens is 1. The van der Waals surface area contributed by atoms with Crippen LogP contribution in [0.25, 0.3) is 0 Å². The van der Waals surface area contributed by atoms with Crippen molar-refractivity contribution in [2.75, 3.05) is 0 Å². The van der Waals surface area contributed by atoms with E-state index in [0.29, 0.717) is 0 Å². The summed E-state index contributed by atoms with van der Waals surface area (Å²) in [6, 6.07) is 0. The summed E-state index contributed by atoms with van der Waals surface area (Å²) in [5, 5.41) is 0. The average molecular weight is 179 g/mol. The number of unbranched alkanes of at least 4 members (excludes halogenated alkanes) is 1. The molecule has 0 unspecified atom stereocenters. The van der Waals surface area contributed by atoms with Crippen molar-refractivity contribution in [1.82, 2.24) is 0 Å². The van der Waals surface area contributed by atoms with Gasteiger partial charge in [0, 0.05) is 0 Å². The molecule has 0 aliphatic heterocycles. The summed E-state index contributed by atoms with van der Waals surface area (Å²) < 4.78 is 1.47. The highest BCUT2D eigenvalue weighted by molar-refractivity contribution is 9.23. The molecule has 3 heteroatoms. The van der Waals surface area contributed by atoms with Gasteiger partial charge in [0.15, 0.2) is 0 Å². The van der Waals surface area contributed by atoms with Crippen LogP contribution in [-0.4, -0.2) is 23.7 Å². The molecule has 0 heterocycles. The summed E-state index contributed by atoms with van der Waals surface area (Å²) in [4.78, 5) is 0. The molecule has 0 saturated carbocycles. The predicted octanol–water partition coefficient (Wildman–Crippen LogP) is 1.39. The smallest absolute Gasteiger partial charge is 0.412 e. The lowest BCUT2D eigenvalue weighted by Crippen LogP contribution is -1.72. The Bertz CT molecular complexity index is 23.7. The Morgan fingerprint density at radius 3 is 2.29 bits per heavy atom. The fourth-order valence-electron chi connectivity index (χ4n) is 0.344. The Morgan fingerprint density at radius 2 is 2.14 bits per heavy atom. The molecule has 0 atom stereocenters. The molecule has 0 bridgehead atoms. The third kappa shape index (κ3) is 11.0. The summed E-state index contributed by atoms with van der Waals surface area (Å²) in [5.74, 6) is 0. The van der Waals surface area contributed by atoms with Crippen LogP contribution in [0.15, 0.2) is 0 Å². The molecule has 0 aliphatic rings. The fourth-order valence-corrected chi connectivity index (χ4v) is 2.22. The van der Waals surface area contributed by atoms with E-state index in [1.807, 2.05) is 0 Å². The van der Waals surface area contributed by atoms with Gasteiger partial charge >= 0.3 is 18.2 Å². The Labute approximate surface area is 60.8 Å². The van der Waals surface area contributed by atoms with Crippen LogP contribution in [0.4, 0.5) is 0 Å². The van der Waals surface area contributed by atoms with Gasteiger partial charge < -0.3 is 18.4 Å². The minimum Gasteiger partial charge on any atom is -0.412 e. The summed E-state index contributed by atoms with van der Waals surface area (Å²) in [6.45, 7) is 2.23. The maximum absolute atomic E-state index is 3.49. The van der Waals surface area contributed by atoms with E-state index in [1.165, 1.54) is 17.4 Å². The van der Waals surface area contributed by atoms with E-state index in [9.17, 15) is 0 Å². The second kappa shape index (κ2) is 10.2. The molecular weight excluding hydrogens is 168 g/mol. The molecule has 7 heavy (non-hydrogen) atoms. The first-order chi connectivity index (χ1) is 2.91. The first-order valence-corrected chi connectivity index (χ1v) is 7.37. The average Bonchev–Trinajstić information content (AvgIpc) is 1.61. The molecule has 0 spiro atoms. The van der Waals surface area contributed by atoms with E-state index >= 15 is 0 Å². The van der Waals surface area contributed by atoms with Gasteiger partial charge in [-0.05, 0) is 0 Å². The standard InChI is InChI=1S/C4H9.BrH.Mg.H2O/c1-3-4-2;;;/h1,3-4H2,2H3;1H;;1H2/q;;+1;/p-1. The fraction of sp³-hybridized carbons (Fsp3) is 1.00. The van der Waals surface area contributed by atoms with Crippen molar-refractivity contribution in [3.8, 4) is 0 Å². The van der Waals surface area contributed by atoms with Gasteiger partial charge in [-0.3, -0.25) is 0 Å². The molecule has 0 aliphatic carbocycles. The van der Waals surface area contributed by atoms with Crippen molar-refractivity contribution >= 4 is 31.1 Å². The van der Waals surface area contributed by atoms with Crippen molar-refractivity contribution in [1.29, 1.82) is 0 Å². The van der Waals surface area contributed by atoms with Crippen molar-refractivity contribution < 1.29 is 5.48 Å². The molecule has 0 radical (unpaired) electrons. The molecule has 0 fully saturated rings. The van der Waals surface area contributed by atoms with Gasteiger partial charge in [0.2, 0.25) is 0 Å². The van der Waals surface area contributed by atoms with E-state index in [-0.39, 0.29) is 23.7 Å². The highest BCUT2D eigenvalue weighted by atomic mass is 79.9. The second-order valence-corrected chi connectivity index (χ2v) is 4.86. The lowest BCUT2D eigenvalue weighted by atomic mass is 10.4. The summed E-state index contributed by atoms with van der Waals surface area (Å²) >= 11 is 3.70. The predicted molar refractivity (Wildman–Crippen MR) is 38.0 cm³/mol. The van der Waals surface area contributed by atoms with Crippen LogP contribution in [-0.2, 0) is 0 Å². The Kier molecular flexibility index (Phi) is 16.2. The summed E-state index contributed by atoms with van der Waals surface area (Å²) in [5.41, 5.74) is 0. The quantitative estimate of drug-likeness (QED) is 0.463. The number of hydrogen-bond donors (Lipinski definition) is 0.